The molecule has 0 fully saturated rings. The Labute approximate surface area is 94.6 Å². The second-order valence-electron chi connectivity index (χ2n) is 2.55. The highest BCUT2D eigenvalue weighted by atomic mass is 79.9. The van der Waals surface area contributed by atoms with Crippen molar-refractivity contribution in [2.75, 3.05) is 5.32 Å². The maximum Gasteiger partial charge on any atom is 0.145 e. The van der Waals surface area contributed by atoms with E-state index in [-0.39, 0.29) is 5.57 Å². The Morgan fingerprint density at radius 3 is 2.67 bits per heavy atom. The molecule has 0 unspecified atom stereocenters. The maximum atomic E-state index is 12.8. The molecule has 5 heteroatoms. The lowest BCUT2D eigenvalue weighted by molar-refractivity contribution is 0.628. The van der Waals surface area contributed by atoms with Crippen LogP contribution in [0, 0.1) is 28.5 Å². The van der Waals surface area contributed by atoms with Crippen molar-refractivity contribution in [2.45, 2.75) is 0 Å². The van der Waals surface area contributed by atoms with Gasteiger partial charge in [-0.05, 0) is 34.1 Å². The molecule has 0 aliphatic carbocycles. The van der Waals surface area contributed by atoms with E-state index in [1.807, 2.05) is 0 Å². The molecule has 0 aliphatic rings. The standard InChI is InChI=1S/C10H5BrFN3/c11-9-2-1-8(12)3-10(9)15-6-7(4-13)5-14/h1-3,6,15H. The van der Waals surface area contributed by atoms with E-state index in [4.69, 9.17) is 10.5 Å². The van der Waals surface area contributed by atoms with Crippen molar-refractivity contribution in [3.05, 3.63) is 40.3 Å². The van der Waals surface area contributed by atoms with Crippen LogP contribution in [0.15, 0.2) is 34.4 Å². The van der Waals surface area contributed by atoms with Crippen molar-refractivity contribution < 1.29 is 4.39 Å². The fourth-order valence-corrected chi connectivity index (χ4v) is 1.21. The second kappa shape index (κ2) is 5.14. The molecule has 1 aromatic rings. The largest absolute Gasteiger partial charge is 0.359 e. The third-order valence-corrected chi connectivity index (χ3v) is 2.23. The van der Waals surface area contributed by atoms with Gasteiger partial charge >= 0.3 is 0 Å². The van der Waals surface area contributed by atoms with Gasteiger partial charge in [-0.3, -0.25) is 0 Å². The predicted molar refractivity (Wildman–Crippen MR) is 57.0 cm³/mol. The summed E-state index contributed by atoms with van der Waals surface area (Å²) in [6.45, 7) is 0. The van der Waals surface area contributed by atoms with Crippen molar-refractivity contribution >= 4 is 21.6 Å². The minimum absolute atomic E-state index is 0.0776. The van der Waals surface area contributed by atoms with Crippen LogP contribution in [0.3, 0.4) is 0 Å². The number of allylic oxidation sites excluding steroid dienone is 1. The summed E-state index contributed by atoms with van der Waals surface area (Å²) in [6, 6.07) is 7.46. The minimum Gasteiger partial charge on any atom is -0.359 e. The third-order valence-electron chi connectivity index (χ3n) is 1.54. The summed E-state index contributed by atoms with van der Waals surface area (Å²) < 4.78 is 13.5. The van der Waals surface area contributed by atoms with Crippen LogP contribution in [0.1, 0.15) is 0 Å². The van der Waals surface area contributed by atoms with Crippen LogP contribution < -0.4 is 5.32 Å². The van der Waals surface area contributed by atoms with Gasteiger partial charge in [0.1, 0.15) is 23.5 Å². The van der Waals surface area contributed by atoms with E-state index in [1.54, 1.807) is 12.1 Å². The zero-order chi connectivity index (χ0) is 11.3. The number of nitrogens with one attached hydrogen (secondary N) is 1. The molecule has 0 radical (unpaired) electrons. The summed E-state index contributed by atoms with van der Waals surface area (Å²) in [7, 11) is 0. The predicted octanol–water partition coefficient (Wildman–Crippen LogP) is 2.93. The van der Waals surface area contributed by atoms with Gasteiger partial charge in [-0.2, -0.15) is 10.5 Å². The number of anilines is 1. The number of hydrogen-bond acceptors (Lipinski definition) is 3. The summed E-state index contributed by atoms with van der Waals surface area (Å²) in [5.41, 5.74) is 0.379. The highest BCUT2D eigenvalue weighted by Crippen LogP contribution is 2.23. The highest BCUT2D eigenvalue weighted by molar-refractivity contribution is 9.10. The molecular formula is C10H5BrFN3. The van der Waals surface area contributed by atoms with E-state index in [1.165, 1.54) is 24.4 Å². The lowest BCUT2D eigenvalue weighted by Gasteiger charge is -2.03. The van der Waals surface area contributed by atoms with Gasteiger partial charge in [-0.25, -0.2) is 4.39 Å². The molecule has 0 aliphatic heterocycles. The van der Waals surface area contributed by atoms with Gasteiger partial charge in [-0.15, -0.1) is 0 Å². The molecule has 1 rings (SSSR count). The molecule has 15 heavy (non-hydrogen) atoms. The lowest BCUT2D eigenvalue weighted by atomic mass is 10.3. The molecule has 0 atom stereocenters. The molecule has 3 nitrogen and oxygen atoms in total. The van der Waals surface area contributed by atoms with Crippen LogP contribution in [0.4, 0.5) is 10.1 Å². The number of hydrogen-bond donors (Lipinski definition) is 1. The lowest BCUT2D eigenvalue weighted by Crippen LogP contribution is -1.91. The quantitative estimate of drug-likeness (QED) is 0.837. The summed E-state index contributed by atoms with van der Waals surface area (Å²) in [5.74, 6) is -0.399. The van der Waals surface area contributed by atoms with Crippen molar-refractivity contribution in [1.82, 2.24) is 0 Å². The molecule has 0 spiro atoms. The molecule has 0 bridgehead atoms. The first kappa shape index (κ1) is 11.2. The SMILES string of the molecule is N#CC(C#N)=CNc1cc(F)ccc1Br. The highest BCUT2D eigenvalue weighted by Gasteiger charge is 2.00. The summed E-state index contributed by atoms with van der Waals surface area (Å²) in [6.07, 6.45) is 1.22. The van der Waals surface area contributed by atoms with Crippen molar-refractivity contribution in [1.29, 1.82) is 10.5 Å². The van der Waals surface area contributed by atoms with E-state index in [0.717, 1.165) is 0 Å². The van der Waals surface area contributed by atoms with Crippen LogP contribution in [0.25, 0.3) is 0 Å². The first-order chi connectivity index (χ1) is 7.17. The number of nitrogens with zero attached hydrogens (tertiary/aromatic N) is 2. The third kappa shape index (κ3) is 3.08. The average molecular weight is 266 g/mol. The molecule has 0 heterocycles. The topological polar surface area (TPSA) is 59.6 Å². The molecule has 0 amide bonds. The van der Waals surface area contributed by atoms with Gasteiger partial charge in [0, 0.05) is 10.7 Å². The first-order valence-electron chi connectivity index (χ1n) is 3.89. The zero-order valence-electron chi connectivity index (χ0n) is 7.46. The molecule has 0 saturated carbocycles. The van der Waals surface area contributed by atoms with Crippen LogP contribution >= 0.6 is 15.9 Å². The van der Waals surface area contributed by atoms with Crippen LogP contribution in [0.2, 0.25) is 0 Å². The monoisotopic (exact) mass is 265 g/mol. The molecule has 1 aromatic carbocycles. The molecule has 1 N–H and O–H groups in total. The van der Waals surface area contributed by atoms with Gasteiger partial charge in [0.05, 0.1) is 5.69 Å². The minimum atomic E-state index is -0.399. The maximum absolute atomic E-state index is 12.8. The number of halogens is 2. The first-order valence-corrected chi connectivity index (χ1v) is 4.68. The van der Waals surface area contributed by atoms with Gasteiger partial charge in [0.2, 0.25) is 0 Å². The average Bonchev–Trinajstić information content (AvgIpc) is 2.24. The van der Waals surface area contributed by atoms with Gasteiger partial charge in [0.15, 0.2) is 0 Å². The fourth-order valence-electron chi connectivity index (χ4n) is 0.848. The van der Waals surface area contributed by atoms with Crippen LogP contribution in [0.5, 0.6) is 0 Å². The normalized spacial score (nSPS) is 8.53. The summed E-state index contributed by atoms with van der Waals surface area (Å²) in [5, 5.41) is 19.6. The molecular weight excluding hydrogens is 261 g/mol. The van der Waals surface area contributed by atoms with E-state index < -0.39 is 5.82 Å². The van der Waals surface area contributed by atoms with E-state index in [0.29, 0.717) is 10.2 Å². The molecule has 0 saturated heterocycles. The van der Waals surface area contributed by atoms with Crippen molar-refractivity contribution in [3.8, 4) is 12.1 Å². The van der Waals surface area contributed by atoms with Crippen LogP contribution in [-0.4, -0.2) is 0 Å². The zero-order valence-corrected chi connectivity index (χ0v) is 9.05. The number of rotatable bonds is 2. The Morgan fingerprint density at radius 1 is 1.40 bits per heavy atom. The second-order valence-corrected chi connectivity index (χ2v) is 3.40. The Bertz CT molecular complexity index is 466. The van der Waals surface area contributed by atoms with Gasteiger partial charge in [0.25, 0.3) is 0 Å². The summed E-state index contributed by atoms with van der Waals surface area (Å²) >= 11 is 3.20. The van der Waals surface area contributed by atoms with Gasteiger partial charge in [-0.1, -0.05) is 0 Å². The van der Waals surface area contributed by atoms with Crippen molar-refractivity contribution in [2.24, 2.45) is 0 Å². The Hall–Kier alpha value is -1.85. The molecule has 0 aromatic heterocycles. The number of nitriles is 2. The van der Waals surface area contributed by atoms with E-state index in [2.05, 4.69) is 21.2 Å². The smallest absolute Gasteiger partial charge is 0.145 e. The Morgan fingerprint density at radius 2 is 2.07 bits per heavy atom. The van der Waals surface area contributed by atoms with E-state index >= 15 is 0 Å². The summed E-state index contributed by atoms with van der Waals surface area (Å²) in [4.78, 5) is 0. The molecule has 74 valence electrons. The Balaban J connectivity index is 2.92. The van der Waals surface area contributed by atoms with E-state index in [9.17, 15) is 4.39 Å². The van der Waals surface area contributed by atoms with Crippen molar-refractivity contribution in [3.63, 3.8) is 0 Å². The number of benzene rings is 1. The fraction of sp³-hybridized carbons (Fsp3) is 0. The van der Waals surface area contributed by atoms with Crippen LogP contribution in [-0.2, 0) is 0 Å². The van der Waals surface area contributed by atoms with Gasteiger partial charge < -0.3 is 5.32 Å². The Kier molecular flexibility index (Phi) is 3.84.